The average molecular weight is 960 g/mol. The van der Waals surface area contributed by atoms with E-state index in [0.29, 0.717) is 19.3 Å². The van der Waals surface area contributed by atoms with Gasteiger partial charge in [0.15, 0.2) is 6.10 Å². The number of carbonyl (C=O) groups is 3. The Kier molecular flexibility index (Phi) is 56.2. The van der Waals surface area contributed by atoms with Crippen molar-refractivity contribution in [2.75, 3.05) is 13.2 Å². The van der Waals surface area contributed by atoms with Gasteiger partial charge in [-0.2, -0.15) is 0 Å². The van der Waals surface area contributed by atoms with Gasteiger partial charge in [-0.25, -0.2) is 0 Å². The van der Waals surface area contributed by atoms with E-state index in [1.54, 1.807) is 0 Å². The van der Waals surface area contributed by atoms with Gasteiger partial charge in [0.25, 0.3) is 0 Å². The lowest BCUT2D eigenvalue weighted by Gasteiger charge is -2.18. The number of hydrogen-bond acceptors (Lipinski definition) is 6. The summed E-state index contributed by atoms with van der Waals surface area (Å²) in [5.74, 6) is -0.842. The van der Waals surface area contributed by atoms with E-state index in [4.69, 9.17) is 14.2 Å². The van der Waals surface area contributed by atoms with Gasteiger partial charge in [0.1, 0.15) is 13.2 Å². The summed E-state index contributed by atoms with van der Waals surface area (Å²) < 4.78 is 16.9. The Bertz CT molecular complexity index is 1060. The van der Waals surface area contributed by atoms with Gasteiger partial charge in [0, 0.05) is 19.3 Å². The Hall–Kier alpha value is -1.85. The van der Waals surface area contributed by atoms with Crippen molar-refractivity contribution < 1.29 is 28.6 Å². The summed E-state index contributed by atoms with van der Waals surface area (Å²) in [6.07, 6.45) is 66.3. The quantitative estimate of drug-likeness (QED) is 0.0262. The summed E-state index contributed by atoms with van der Waals surface area (Å²) in [6.45, 7) is 6.70. The van der Waals surface area contributed by atoms with Crippen molar-refractivity contribution in [3.05, 3.63) is 12.2 Å². The molecule has 6 heteroatoms. The lowest BCUT2D eigenvalue weighted by Crippen LogP contribution is -2.30. The molecule has 0 aromatic carbocycles. The zero-order valence-corrected chi connectivity index (χ0v) is 46.2. The second-order valence-electron chi connectivity index (χ2n) is 21.0. The maximum Gasteiger partial charge on any atom is 0.306 e. The molecule has 1 unspecified atom stereocenters. The molecule has 0 aliphatic carbocycles. The van der Waals surface area contributed by atoms with Crippen LogP contribution in [0.2, 0.25) is 0 Å². The second kappa shape index (κ2) is 57.7. The van der Waals surface area contributed by atoms with Crippen LogP contribution in [-0.4, -0.2) is 37.2 Å². The first-order valence-electron chi connectivity index (χ1n) is 30.7. The summed E-state index contributed by atoms with van der Waals surface area (Å²) in [6, 6.07) is 0. The summed E-state index contributed by atoms with van der Waals surface area (Å²) >= 11 is 0. The molecule has 6 nitrogen and oxygen atoms in total. The van der Waals surface area contributed by atoms with Crippen LogP contribution in [0.4, 0.5) is 0 Å². The first-order chi connectivity index (χ1) is 33.5. The van der Waals surface area contributed by atoms with Crippen molar-refractivity contribution in [1.29, 1.82) is 0 Å². The normalized spacial score (nSPS) is 12.0. The highest BCUT2D eigenvalue weighted by molar-refractivity contribution is 5.71. The van der Waals surface area contributed by atoms with Crippen LogP contribution in [0.3, 0.4) is 0 Å². The maximum absolute atomic E-state index is 12.9. The van der Waals surface area contributed by atoms with Gasteiger partial charge in [-0.05, 0) is 44.9 Å². The summed E-state index contributed by atoms with van der Waals surface area (Å²) in [7, 11) is 0. The van der Waals surface area contributed by atoms with Crippen LogP contribution in [0.25, 0.3) is 0 Å². The van der Waals surface area contributed by atoms with E-state index in [9.17, 15) is 14.4 Å². The Morgan fingerprint density at radius 3 is 0.735 bits per heavy atom. The molecule has 0 heterocycles. The molecule has 0 saturated heterocycles. The third-order valence-corrected chi connectivity index (χ3v) is 14.0. The molecule has 0 saturated carbocycles. The minimum absolute atomic E-state index is 0.0650. The molecule has 1 atom stereocenters. The van der Waals surface area contributed by atoms with Gasteiger partial charge in [-0.1, -0.05) is 296 Å². The van der Waals surface area contributed by atoms with E-state index in [1.165, 1.54) is 250 Å². The fraction of sp³-hybridized carbons (Fsp3) is 0.919. The average Bonchev–Trinajstić information content (AvgIpc) is 3.34. The summed E-state index contributed by atoms with van der Waals surface area (Å²) in [4.78, 5) is 38.2. The third-order valence-electron chi connectivity index (χ3n) is 14.0. The van der Waals surface area contributed by atoms with E-state index < -0.39 is 6.10 Å². The largest absolute Gasteiger partial charge is 0.462 e. The smallest absolute Gasteiger partial charge is 0.306 e. The molecular formula is C62H118O6. The van der Waals surface area contributed by atoms with E-state index in [-0.39, 0.29) is 31.1 Å². The first-order valence-corrected chi connectivity index (χ1v) is 30.7. The van der Waals surface area contributed by atoms with Crippen LogP contribution in [0.1, 0.15) is 348 Å². The Morgan fingerprint density at radius 1 is 0.279 bits per heavy atom. The standard InChI is InChI=1S/C62H118O6/c1-4-7-10-13-16-19-22-25-27-29-31-33-34-37-40-43-46-49-52-55-61(64)67-58-59(57-66-60(63)54-51-48-45-42-39-36-24-21-18-15-12-9-6-3)68-62(65)56-53-50-47-44-41-38-35-32-30-28-26-23-20-17-14-11-8-5-2/h29,31,59H,4-28,30,32-58H2,1-3H3/b31-29-. The van der Waals surface area contributed by atoms with Gasteiger partial charge in [-0.15, -0.1) is 0 Å². The molecule has 0 bridgehead atoms. The number of esters is 3. The number of hydrogen-bond donors (Lipinski definition) is 0. The molecule has 0 radical (unpaired) electrons. The highest BCUT2D eigenvalue weighted by Gasteiger charge is 2.19. The molecule has 0 amide bonds. The highest BCUT2D eigenvalue weighted by Crippen LogP contribution is 2.18. The molecule has 0 N–H and O–H groups in total. The Morgan fingerprint density at radius 2 is 0.485 bits per heavy atom. The molecule has 0 aliphatic rings. The van der Waals surface area contributed by atoms with Crippen LogP contribution in [0, 0.1) is 0 Å². The monoisotopic (exact) mass is 959 g/mol. The molecule has 0 aromatic rings. The van der Waals surface area contributed by atoms with Crippen molar-refractivity contribution in [3.8, 4) is 0 Å². The Balaban J connectivity index is 4.29. The molecule has 0 rings (SSSR count). The van der Waals surface area contributed by atoms with Gasteiger partial charge in [-0.3, -0.25) is 14.4 Å². The molecule has 68 heavy (non-hydrogen) atoms. The lowest BCUT2D eigenvalue weighted by atomic mass is 10.0. The van der Waals surface area contributed by atoms with Crippen LogP contribution in [-0.2, 0) is 28.6 Å². The third kappa shape index (κ3) is 55.1. The molecule has 0 fully saturated rings. The zero-order valence-electron chi connectivity index (χ0n) is 46.2. The number of ether oxygens (including phenoxy) is 3. The Labute approximate surface area is 424 Å². The second-order valence-corrected chi connectivity index (χ2v) is 21.0. The van der Waals surface area contributed by atoms with E-state index in [1.807, 2.05) is 0 Å². The van der Waals surface area contributed by atoms with Crippen LogP contribution < -0.4 is 0 Å². The fourth-order valence-electron chi connectivity index (χ4n) is 9.38. The molecule has 0 aliphatic heterocycles. The van der Waals surface area contributed by atoms with Crippen LogP contribution in [0.15, 0.2) is 12.2 Å². The summed E-state index contributed by atoms with van der Waals surface area (Å²) in [5, 5.41) is 0. The van der Waals surface area contributed by atoms with Crippen LogP contribution >= 0.6 is 0 Å². The number of rotatable bonds is 57. The minimum Gasteiger partial charge on any atom is -0.462 e. The number of allylic oxidation sites excluding steroid dienone is 2. The minimum atomic E-state index is -0.766. The summed E-state index contributed by atoms with van der Waals surface area (Å²) in [5.41, 5.74) is 0. The lowest BCUT2D eigenvalue weighted by molar-refractivity contribution is -0.167. The highest BCUT2D eigenvalue weighted by atomic mass is 16.6. The van der Waals surface area contributed by atoms with Gasteiger partial charge >= 0.3 is 17.9 Å². The van der Waals surface area contributed by atoms with Crippen molar-refractivity contribution in [2.45, 2.75) is 354 Å². The maximum atomic E-state index is 12.9. The van der Waals surface area contributed by atoms with Crippen molar-refractivity contribution in [2.24, 2.45) is 0 Å². The predicted molar refractivity (Wildman–Crippen MR) is 293 cm³/mol. The van der Waals surface area contributed by atoms with Crippen LogP contribution in [0.5, 0.6) is 0 Å². The molecule has 402 valence electrons. The van der Waals surface area contributed by atoms with Crippen molar-refractivity contribution >= 4 is 17.9 Å². The zero-order chi connectivity index (χ0) is 49.3. The van der Waals surface area contributed by atoms with Crippen molar-refractivity contribution in [1.82, 2.24) is 0 Å². The number of unbranched alkanes of at least 4 members (excludes halogenated alkanes) is 44. The van der Waals surface area contributed by atoms with E-state index >= 15 is 0 Å². The van der Waals surface area contributed by atoms with Gasteiger partial charge in [0.2, 0.25) is 0 Å². The molecule has 0 aromatic heterocycles. The van der Waals surface area contributed by atoms with Crippen molar-refractivity contribution in [3.63, 3.8) is 0 Å². The fourth-order valence-corrected chi connectivity index (χ4v) is 9.38. The predicted octanol–water partition coefficient (Wildman–Crippen LogP) is 20.5. The van der Waals surface area contributed by atoms with Gasteiger partial charge in [0.05, 0.1) is 0 Å². The SMILES string of the molecule is CCCCCCCCCC/C=C\CCCCCCCCCC(=O)OCC(COC(=O)CCCCCCCCCCCCCCC)OC(=O)CCCCCCCCCCCCCCCCCCCC. The molecule has 0 spiro atoms. The van der Waals surface area contributed by atoms with E-state index in [2.05, 4.69) is 32.9 Å². The van der Waals surface area contributed by atoms with Gasteiger partial charge < -0.3 is 14.2 Å². The first kappa shape index (κ1) is 66.2. The molecular weight excluding hydrogens is 841 g/mol. The number of carbonyl (C=O) groups excluding carboxylic acids is 3. The topological polar surface area (TPSA) is 78.9 Å². The van der Waals surface area contributed by atoms with E-state index in [0.717, 1.165) is 57.8 Å².